The number of aromatic amines is 2. The summed E-state index contributed by atoms with van der Waals surface area (Å²) in [7, 11) is 4.01. The van der Waals surface area contributed by atoms with Crippen LogP contribution in [0.3, 0.4) is 0 Å². The average molecular weight is 517 g/mol. The molecule has 0 amide bonds. The van der Waals surface area contributed by atoms with Crippen molar-refractivity contribution < 1.29 is 0 Å². The number of aromatic nitrogens is 5. The number of rotatable bonds is 5. The molecule has 3 N–H and O–H groups in total. The van der Waals surface area contributed by atoms with E-state index in [2.05, 4.69) is 68.4 Å². The molecule has 192 valence electrons. The van der Waals surface area contributed by atoms with Gasteiger partial charge in [0.25, 0.3) is 5.56 Å². The predicted octanol–water partition coefficient (Wildman–Crippen LogP) is 3.84. The first-order chi connectivity index (χ1) is 17.5. The van der Waals surface area contributed by atoms with Gasteiger partial charge in [-0.2, -0.15) is 18.6 Å². The van der Waals surface area contributed by atoms with Gasteiger partial charge in [-0.15, -0.1) is 0 Å². The summed E-state index contributed by atoms with van der Waals surface area (Å²) in [6, 6.07) is 16.4. The lowest BCUT2D eigenvalue weighted by Gasteiger charge is -2.34. The number of fused-ring (bicyclic) bond motifs is 2. The molecule has 1 aliphatic rings. The highest BCUT2D eigenvalue weighted by Crippen LogP contribution is 2.33. The van der Waals surface area contributed by atoms with Gasteiger partial charge in [-0.05, 0) is 37.7 Å². The first-order valence-corrected chi connectivity index (χ1v) is 12.3. The minimum atomic E-state index is -0.211. The van der Waals surface area contributed by atoms with Crippen LogP contribution in [0.5, 0.6) is 0 Å². The van der Waals surface area contributed by atoms with E-state index in [0.29, 0.717) is 28.1 Å². The fourth-order valence-electron chi connectivity index (χ4n) is 4.97. The summed E-state index contributed by atoms with van der Waals surface area (Å²) in [5.41, 5.74) is 6.32. The number of pyridine rings is 1. The molecule has 0 spiro atoms. The van der Waals surface area contributed by atoms with Crippen LogP contribution in [0.25, 0.3) is 33.5 Å². The average Bonchev–Trinajstić information content (AvgIpc) is 3.46. The summed E-state index contributed by atoms with van der Waals surface area (Å²) in [4.78, 5) is 29.4. The van der Waals surface area contributed by atoms with Gasteiger partial charge in [-0.25, -0.2) is 4.98 Å². The molecule has 1 saturated heterocycles. The Kier molecular flexibility index (Phi) is 6.70. The normalized spacial score (nSPS) is 15.2. The van der Waals surface area contributed by atoms with Crippen molar-refractivity contribution >= 4 is 46.9 Å². The Hall–Kier alpha value is -3.76. The Morgan fingerprint density at radius 2 is 1.73 bits per heavy atom. The second-order valence-corrected chi connectivity index (χ2v) is 9.62. The van der Waals surface area contributed by atoms with E-state index in [4.69, 9.17) is 4.98 Å². The number of aryl methyl sites for hydroxylation is 1. The Balaban J connectivity index is 0.00000280. The minimum absolute atomic E-state index is 0. The van der Waals surface area contributed by atoms with Crippen molar-refractivity contribution in [3.8, 4) is 11.4 Å². The maximum atomic E-state index is 13.4. The van der Waals surface area contributed by atoms with Crippen molar-refractivity contribution in [2.45, 2.75) is 13.0 Å². The van der Waals surface area contributed by atoms with E-state index >= 15 is 0 Å². The third-order valence-electron chi connectivity index (χ3n) is 7.02. The molecule has 37 heavy (non-hydrogen) atoms. The van der Waals surface area contributed by atoms with Crippen LogP contribution in [-0.2, 0) is 7.05 Å². The standard InChI is InChI=1S/C27H30N8O.H2S/c1-17(18-7-5-4-6-8-18)28-25-23(27(36)31-22-16-34(3)32-24(22)25)26-29-20-10-9-19(15-21(20)30-26)35-13-11-33(2)12-14-35;/h4-10,15-17,28H,11-14H2,1-3H3,(H,29,30)(H,31,36);1H2/t17-;/m0./s1. The lowest BCUT2D eigenvalue weighted by atomic mass is 10.1. The Morgan fingerprint density at radius 3 is 2.49 bits per heavy atom. The summed E-state index contributed by atoms with van der Waals surface area (Å²) < 4.78 is 1.71. The number of nitrogens with zero attached hydrogens (tertiary/aromatic N) is 5. The highest BCUT2D eigenvalue weighted by Gasteiger charge is 2.22. The molecule has 10 heteroatoms. The number of nitrogens with one attached hydrogen (secondary N) is 3. The van der Waals surface area contributed by atoms with Gasteiger partial charge in [0.05, 0.1) is 22.2 Å². The highest BCUT2D eigenvalue weighted by atomic mass is 32.1. The van der Waals surface area contributed by atoms with Crippen molar-refractivity contribution in [1.82, 2.24) is 29.6 Å². The number of likely N-dealkylation sites (N-methyl/N-ethyl adjacent to an activating group) is 1. The fraction of sp³-hybridized carbons (Fsp3) is 0.296. The third-order valence-corrected chi connectivity index (χ3v) is 7.02. The summed E-state index contributed by atoms with van der Waals surface area (Å²) in [6.45, 7) is 6.14. The topological polar surface area (TPSA) is 97.9 Å². The van der Waals surface area contributed by atoms with Crippen LogP contribution in [0, 0.1) is 0 Å². The van der Waals surface area contributed by atoms with Gasteiger partial charge in [0, 0.05) is 51.2 Å². The smallest absolute Gasteiger partial charge is 0.261 e. The maximum Gasteiger partial charge on any atom is 0.261 e. The zero-order valence-corrected chi connectivity index (χ0v) is 22.2. The van der Waals surface area contributed by atoms with Crippen LogP contribution in [0.1, 0.15) is 18.5 Å². The Morgan fingerprint density at radius 1 is 0.973 bits per heavy atom. The molecular formula is C27H32N8OS. The van der Waals surface area contributed by atoms with E-state index in [1.807, 2.05) is 37.5 Å². The van der Waals surface area contributed by atoms with Gasteiger partial charge in [0.1, 0.15) is 16.9 Å². The van der Waals surface area contributed by atoms with Gasteiger partial charge < -0.3 is 25.1 Å². The summed E-state index contributed by atoms with van der Waals surface area (Å²) in [5.74, 6) is 0.525. The molecule has 9 nitrogen and oxygen atoms in total. The lowest BCUT2D eigenvalue weighted by molar-refractivity contribution is 0.313. The maximum absolute atomic E-state index is 13.4. The van der Waals surface area contributed by atoms with E-state index < -0.39 is 0 Å². The van der Waals surface area contributed by atoms with E-state index in [1.54, 1.807) is 4.68 Å². The van der Waals surface area contributed by atoms with Crippen LogP contribution in [0.15, 0.2) is 59.5 Å². The van der Waals surface area contributed by atoms with E-state index in [1.165, 1.54) is 0 Å². The molecule has 2 aromatic carbocycles. The number of piperazine rings is 1. The zero-order valence-electron chi connectivity index (χ0n) is 21.2. The van der Waals surface area contributed by atoms with Crippen LogP contribution >= 0.6 is 13.5 Å². The van der Waals surface area contributed by atoms with Gasteiger partial charge in [-0.3, -0.25) is 9.48 Å². The largest absolute Gasteiger partial charge is 0.376 e. The summed E-state index contributed by atoms with van der Waals surface area (Å²) in [5, 5.41) is 8.22. The number of hydrogen-bond acceptors (Lipinski definition) is 6. The van der Waals surface area contributed by atoms with Gasteiger partial charge in [0.15, 0.2) is 0 Å². The predicted molar refractivity (Wildman–Crippen MR) is 155 cm³/mol. The molecule has 0 saturated carbocycles. The zero-order chi connectivity index (χ0) is 24.8. The first-order valence-electron chi connectivity index (χ1n) is 12.3. The van der Waals surface area contributed by atoms with E-state index in [9.17, 15) is 4.79 Å². The van der Waals surface area contributed by atoms with Gasteiger partial charge in [-0.1, -0.05) is 30.3 Å². The van der Waals surface area contributed by atoms with Crippen molar-refractivity contribution in [2.75, 3.05) is 43.4 Å². The Labute approximate surface area is 222 Å². The summed E-state index contributed by atoms with van der Waals surface area (Å²) >= 11 is 0. The molecule has 0 radical (unpaired) electrons. The van der Waals surface area contributed by atoms with Crippen molar-refractivity contribution in [1.29, 1.82) is 0 Å². The molecule has 0 unspecified atom stereocenters. The molecule has 4 heterocycles. The molecule has 5 aromatic rings. The van der Waals surface area contributed by atoms with Crippen LogP contribution in [-0.4, -0.2) is 62.9 Å². The quantitative estimate of drug-likeness (QED) is 0.328. The first kappa shape index (κ1) is 24.9. The second kappa shape index (κ2) is 9.95. The molecule has 0 aliphatic carbocycles. The molecule has 3 aromatic heterocycles. The third kappa shape index (κ3) is 4.70. The van der Waals surface area contributed by atoms with Crippen LogP contribution < -0.4 is 15.8 Å². The van der Waals surface area contributed by atoms with Crippen LogP contribution in [0.2, 0.25) is 0 Å². The van der Waals surface area contributed by atoms with Crippen molar-refractivity contribution in [3.05, 3.63) is 70.6 Å². The molecule has 1 fully saturated rings. The summed E-state index contributed by atoms with van der Waals surface area (Å²) in [6.07, 6.45) is 1.82. The number of anilines is 2. The number of hydrogen-bond donors (Lipinski definition) is 3. The number of H-pyrrole nitrogens is 2. The number of imidazole rings is 1. The molecular weight excluding hydrogens is 484 g/mol. The highest BCUT2D eigenvalue weighted by molar-refractivity contribution is 7.59. The monoisotopic (exact) mass is 516 g/mol. The minimum Gasteiger partial charge on any atom is -0.376 e. The fourth-order valence-corrected chi connectivity index (χ4v) is 4.97. The van der Waals surface area contributed by atoms with E-state index in [0.717, 1.165) is 48.5 Å². The van der Waals surface area contributed by atoms with E-state index in [-0.39, 0.29) is 25.1 Å². The van der Waals surface area contributed by atoms with Gasteiger partial charge >= 0.3 is 0 Å². The van der Waals surface area contributed by atoms with Crippen molar-refractivity contribution in [2.24, 2.45) is 7.05 Å². The van der Waals surface area contributed by atoms with Crippen LogP contribution in [0.4, 0.5) is 11.4 Å². The molecule has 1 aliphatic heterocycles. The second-order valence-electron chi connectivity index (χ2n) is 9.62. The van der Waals surface area contributed by atoms with Gasteiger partial charge in [0.2, 0.25) is 0 Å². The lowest BCUT2D eigenvalue weighted by Crippen LogP contribution is -2.44. The molecule has 1 atom stereocenters. The molecule has 6 rings (SSSR count). The van der Waals surface area contributed by atoms with Crippen molar-refractivity contribution in [3.63, 3.8) is 0 Å². The number of benzene rings is 2. The molecule has 0 bridgehead atoms. The SMILES string of the molecule is C[C@H](Nc1c(-c2nc3ccc(N4CCN(C)CC4)cc3[nH]2)c(=O)[nH]c2cn(C)nc12)c1ccccc1.S. The Bertz CT molecular complexity index is 1600.